The predicted octanol–water partition coefficient (Wildman–Crippen LogP) is 6.45. The van der Waals surface area contributed by atoms with E-state index in [2.05, 4.69) is 37.5 Å². The number of carbonyl (C=O) groups excluding carboxylic acids is 1. The second-order valence-electron chi connectivity index (χ2n) is 9.37. The molecule has 2 aromatic heterocycles. The van der Waals surface area contributed by atoms with Gasteiger partial charge in [0.05, 0.1) is 44.5 Å². The number of hydrogen-bond donors (Lipinski definition) is 3. The molecule has 1 saturated heterocycles. The molecule has 0 aliphatic carbocycles. The number of morpholine rings is 1. The number of anilines is 6. The molecule has 1 fully saturated rings. The van der Waals surface area contributed by atoms with Crippen molar-refractivity contribution in [3.05, 3.63) is 77.4 Å². The van der Waals surface area contributed by atoms with Gasteiger partial charge in [-0.1, -0.05) is 29.8 Å². The van der Waals surface area contributed by atoms with Crippen molar-refractivity contribution in [2.45, 2.75) is 0 Å². The van der Waals surface area contributed by atoms with E-state index < -0.39 is 11.7 Å². The number of pyridine rings is 1. The van der Waals surface area contributed by atoms with Crippen molar-refractivity contribution < 1.29 is 23.4 Å². The fraction of sp³-hybridized carbons (Fsp3) is 0.200. The zero-order valence-electron chi connectivity index (χ0n) is 23.8. The highest BCUT2D eigenvalue weighted by molar-refractivity contribution is 6.41. The number of hydrogen-bond acceptors (Lipinski definition) is 10. The molecule has 0 saturated carbocycles. The van der Waals surface area contributed by atoms with Crippen molar-refractivity contribution in [2.24, 2.45) is 0 Å². The Balaban J connectivity index is 1.49. The summed E-state index contributed by atoms with van der Waals surface area (Å²) in [4.78, 5) is 27.4. The van der Waals surface area contributed by atoms with Crippen molar-refractivity contribution in [2.75, 3.05) is 61.4 Å². The molecular weight excluding hydrogens is 612 g/mol. The number of halogens is 3. The number of ether oxygens (including phenoxy) is 3. The van der Waals surface area contributed by atoms with Crippen LogP contribution in [0.3, 0.4) is 0 Å². The van der Waals surface area contributed by atoms with Crippen molar-refractivity contribution in [3.63, 3.8) is 0 Å². The fourth-order valence-corrected chi connectivity index (χ4v) is 5.13. The third-order valence-corrected chi connectivity index (χ3v) is 7.47. The summed E-state index contributed by atoms with van der Waals surface area (Å²) in [5, 5.41) is 9.30. The van der Waals surface area contributed by atoms with Gasteiger partial charge in [-0.3, -0.25) is 4.79 Å². The van der Waals surface area contributed by atoms with E-state index in [4.69, 9.17) is 37.4 Å². The molecule has 0 atom stereocenters. The van der Waals surface area contributed by atoms with Crippen molar-refractivity contribution in [1.82, 2.24) is 15.0 Å². The zero-order valence-corrected chi connectivity index (χ0v) is 25.3. The summed E-state index contributed by atoms with van der Waals surface area (Å²) in [6, 6.07) is 9.81. The molecule has 3 heterocycles. The lowest BCUT2D eigenvalue weighted by Crippen LogP contribution is -2.36. The highest BCUT2D eigenvalue weighted by Gasteiger charge is 2.21. The van der Waals surface area contributed by atoms with E-state index in [1.165, 1.54) is 26.6 Å². The fourth-order valence-electron chi connectivity index (χ4n) is 4.53. The molecule has 1 aliphatic rings. The highest BCUT2D eigenvalue weighted by atomic mass is 35.5. The first-order valence-corrected chi connectivity index (χ1v) is 14.1. The molecule has 1 aliphatic heterocycles. The van der Waals surface area contributed by atoms with Gasteiger partial charge in [-0.05, 0) is 30.3 Å². The summed E-state index contributed by atoms with van der Waals surface area (Å²) < 4.78 is 31.8. The molecule has 0 spiro atoms. The van der Waals surface area contributed by atoms with E-state index in [0.29, 0.717) is 66.3 Å². The number of amides is 1. The van der Waals surface area contributed by atoms with Crippen LogP contribution in [0.5, 0.6) is 11.5 Å². The van der Waals surface area contributed by atoms with Crippen molar-refractivity contribution >= 4 is 63.5 Å². The van der Waals surface area contributed by atoms with Gasteiger partial charge >= 0.3 is 0 Å². The molecule has 3 N–H and O–H groups in total. The molecule has 4 aromatic rings. The molecule has 1 amide bonds. The topological polar surface area (TPSA) is 123 Å². The maximum Gasteiger partial charge on any atom is 0.247 e. The van der Waals surface area contributed by atoms with Gasteiger partial charge < -0.3 is 35.1 Å². The van der Waals surface area contributed by atoms with Crippen LogP contribution in [0.2, 0.25) is 10.0 Å². The molecule has 5 rings (SSSR count). The molecule has 44 heavy (non-hydrogen) atoms. The number of nitrogens with zero attached hydrogens (tertiary/aromatic N) is 4. The Morgan fingerprint density at radius 1 is 1.02 bits per heavy atom. The molecular formula is C30H28Cl2FN7O4. The van der Waals surface area contributed by atoms with E-state index in [0.717, 1.165) is 6.08 Å². The minimum atomic E-state index is -0.589. The van der Waals surface area contributed by atoms with Gasteiger partial charge in [0.15, 0.2) is 5.82 Å². The predicted molar refractivity (Wildman–Crippen MR) is 170 cm³/mol. The lowest BCUT2D eigenvalue weighted by Gasteiger charge is -2.29. The molecule has 228 valence electrons. The third kappa shape index (κ3) is 6.62. The minimum Gasteiger partial charge on any atom is -0.495 e. The van der Waals surface area contributed by atoms with Gasteiger partial charge in [0.1, 0.15) is 45.2 Å². The molecule has 0 radical (unpaired) electrons. The summed E-state index contributed by atoms with van der Waals surface area (Å²) in [5.74, 6) is 0.248. The van der Waals surface area contributed by atoms with Crippen LogP contribution in [-0.2, 0) is 9.53 Å². The highest BCUT2D eigenvalue weighted by Crippen LogP contribution is 2.46. The SMILES string of the molecule is C=CC(=O)Nc1cc(N2CCOCC2)cc(F)c1Nc1cc(-c2cccnc2Nc2c(Cl)c(OC)cc(OC)c2Cl)ncn1. The number of benzene rings is 2. The molecule has 11 nitrogen and oxygen atoms in total. The van der Waals surface area contributed by atoms with E-state index in [-0.39, 0.29) is 27.2 Å². The largest absolute Gasteiger partial charge is 0.495 e. The summed E-state index contributed by atoms with van der Waals surface area (Å²) >= 11 is 13.1. The van der Waals surface area contributed by atoms with Crippen LogP contribution in [0, 0.1) is 5.82 Å². The summed E-state index contributed by atoms with van der Waals surface area (Å²) in [6.07, 6.45) is 4.02. The van der Waals surface area contributed by atoms with E-state index in [1.807, 2.05) is 4.90 Å². The number of rotatable bonds is 10. The molecule has 14 heteroatoms. The third-order valence-electron chi connectivity index (χ3n) is 6.72. The minimum absolute atomic E-state index is 0.0217. The lowest BCUT2D eigenvalue weighted by molar-refractivity contribution is -0.111. The Morgan fingerprint density at radius 3 is 2.43 bits per heavy atom. The summed E-state index contributed by atoms with van der Waals surface area (Å²) in [6.45, 7) is 5.74. The van der Waals surface area contributed by atoms with Gasteiger partial charge in [-0.2, -0.15) is 0 Å². The van der Waals surface area contributed by atoms with Crippen LogP contribution in [0.4, 0.5) is 38.8 Å². The zero-order chi connectivity index (χ0) is 31.2. The normalized spacial score (nSPS) is 12.8. The number of methoxy groups -OCH3 is 2. The standard InChI is InChI=1S/C30H28Cl2FN7O4/c1-4-25(41)37-21-13-17(40-8-10-44-11-9-40)12-19(33)28(21)38-24-14-20(35-16-36-24)18-6-5-7-34-30(18)39-29-26(31)22(42-2)15-23(43-3)27(29)32/h4-7,12-16H,1,8-11H2,2-3H3,(H,34,39)(H,37,41)(H,35,36,38). The Labute approximate surface area is 263 Å². The van der Waals surface area contributed by atoms with Crippen LogP contribution in [0.15, 0.2) is 61.6 Å². The smallest absolute Gasteiger partial charge is 0.247 e. The van der Waals surface area contributed by atoms with E-state index in [1.54, 1.807) is 36.5 Å². The second-order valence-corrected chi connectivity index (χ2v) is 10.1. The molecule has 0 unspecified atom stereocenters. The van der Waals surface area contributed by atoms with Gasteiger partial charge in [0, 0.05) is 42.7 Å². The number of aromatic nitrogens is 3. The monoisotopic (exact) mass is 639 g/mol. The van der Waals surface area contributed by atoms with E-state index in [9.17, 15) is 4.79 Å². The van der Waals surface area contributed by atoms with E-state index >= 15 is 4.39 Å². The average Bonchev–Trinajstić information content (AvgIpc) is 3.05. The van der Waals surface area contributed by atoms with Gasteiger partial charge in [0.25, 0.3) is 0 Å². The second kappa shape index (κ2) is 13.8. The first kappa shape index (κ1) is 30.8. The summed E-state index contributed by atoms with van der Waals surface area (Å²) in [5.41, 5.74) is 2.18. The quantitative estimate of drug-likeness (QED) is 0.167. The first-order chi connectivity index (χ1) is 21.3. The lowest BCUT2D eigenvalue weighted by atomic mass is 10.1. The Bertz CT molecular complexity index is 1670. The Kier molecular flexibility index (Phi) is 9.63. The average molecular weight is 641 g/mol. The van der Waals surface area contributed by atoms with Crippen LogP contribution in [0.1, 0.15) is 0 Å². The first-order valence-electron chi connectivity index (χ1n) is 13.3. The summed E-state index contributed by atoms with van der Waals surface area (Å²) in [7, 11) is 2.96. The van der Waals surface area contributed by atoms with Crippen LogP contribution < -0.4 is 30.3 Å². The number of nitrogens with one attached hydrogen (secondary N) is 3. The van der Waals surface area contributed by atoms with Crippen LogP contribution in [-0.4, -0.2) is 61.4 Å². The Hall–Kier alpha value is -4.65. The van der Waals surface area contributed by atoms with Crippen molar-refractivity contribution in [3.8, 4) is 22.8 Å². The van der Waals surface area contributed by atoms with Crippen LogP contribution in [0.25, 0.3) is 11.3 Å². The van der Waals surface area contributed by atoms with Crippen LogP contribution >= 0.6 is 23.2 Å². The number of carbonyl (C=O) groups is 1. The Morgan fingerprint density at radius 2 is 1.75 bits per heavy atom. The molecule has 0 bridgehead atoms. The maximum atomic E-state index is 15.6. The molecule has 2 aromatic carbocycles. The maximum absolute atomic E-state index is 15.6. The van der Waals surface area contributed by atoms with Gasteiger partial charge in [0.2, 0.25) is 5.91 Å². The van der Waals surface area contributed by atoms with Crippen molar-refractivity contribution in [1.29, 1.82) is 0 Å². The van der Waals surface area contributed by atoms with Gasteiger partial charge in [-0.15, -0.1) is 0 Å². The van der Waals surface area contributed by atoms with Gasteiger partial charge in [-0.25, -0.2) is 19.3 Å².